The number of H-pyrrole nitrogens is 1. The number of aliphatic hydroxyl groups is 1. The number of alkyl halides is 1. The van der Waals surface area contributed by atoms with Gasteiger partial charge in [0, 0.05) is 35.8 Å². The van der Waals surface area contributed by atoms with E-state index in [1.807, 2.05) is 0 Å². The first-order chi connectivity index (χ1) is 17.3. The van der Waals surface area contributed by atoms with E-state index in [2.05, 4.69) is 20.3 Å². The van der Waals surface area contributed by atoms with E-state index >= 15 is 0 Å². The highest BCUT2D eigenvalue weighted by Crippen LogP contribution is 2.39. The van der Waals surface area contributed by atoms with E-state index in [1.54, 1.807) is 0 Å². The Balaban J connectivity index is 1.45. The van der Waals surface area contributed by atoms with Crippen LogP contribution in [0.4, 0.5) is 27.6 Å². The third-order valence-corrected chi connectivity index (χ3v) is 5.48. The summed E-state index contributed by atoms with van der Waals surface area (Å²) < 4.78 is 81.6. The Kier molecular flexibility index (Phi) is 5.96. The van der Waals surface area contributed by atoms with Gasteiger partial charge >= 0.3 is 0 Å². The summed E-state index contributed by atoms with van der Waals surface area (Å²) >= 11 is 0. The van der Waals surface area contributed by atoms with Crippen molar-refractivity contribution in [1.82, 2.24) is 9.97 Å². The fourth-order valence-electron chi connectivity index (χ4n) is 3.64. The Morgan fingerprint density at radius 3 is 2.50 bits per heavy atom. The first-order valence-electron chi connectivity index (χ1n) is 10.6. The number of aromatic nitrogens is 2. The van der Waals surface area contributed by atoms with Crippen LogP contribution in [0.2, 0.25) is 0 Å². The van der Waals surface area contributed by atoms with Crippen LogP contribution in [-0.2, 0) is 4.74 Å². The first-order valence-corrected chi connectivity index (χ1v) is 10.6. The lowest BCUT2D eigenvalue weighted by Gasteiger charge is -2.26. The molecule has 1 aliphatic heterocycles. The van der Waals surface area contributed by atoms with Crippen LogP contribution in [0.15, 0.2) is 53.8 Å². The molecule has 1 unspecified atom stereocenters. The molecule has 0 fully saturated rings. The normalized spacial score (nSPS) is 17.6. The molecule has 0 amide bonds. The van der Waals surface area contributed by atoms with E-state index < -0.39 is 47.9 Å². The number of anilines is 1. The highest BCUT2D eigenvalue weighted by atomic mass is 19.2. The van der Waals surface area contributed by atoms with Gasteiger partial charge in [0.05, 0.1) is 18.5 Å². The van der Waals surface area contributed by atoms with Crippen molar-refractivity contribution in [1.29, 1.82) is 0 Å². The highest BCUT2D eigenvalue weighted by molar-refractivity contribution is 5.98. The van der Waals surface area contributed by atoms with Crippen LogP contribution in [0.25, 0.3) is 22.2 Å². The predicted octanol–water partition coefficient (Wildman–Crippen LogP) is 5.08. The Bertz CT molecular complexity index is 1470. The number of hydrogen-bond donors (Lipinski definition) is 3. The summed E-state index contributed by atoms with van der Waals surface area (Å²) in [6.07, 6.45) is 2.84. The molecule has 0 radical (unpaired) electrons. The third kappa shape index (κ3) is 4.42. The van der Waals surface area contributed by atoms with Crippen LogP contribution in [-0.4, -0.2) is 46.5 Å². The Morgan fingerprint density at radius 1 is 1.06 bits per heavy atom. The fourth-order valence-corrected chi connectivity index (χ4v) is 3.64. The summed E-state index contributed by atoms with van der Waals surface area (Å²) in [5.41, 5.74) is -1.12. The lowest BCUT2D eigenvalue weighted by Crippen LogP contribution is -2.43. The fraction of sp³-hybridized carbons (Fsp3) is 0.167. The summed E-state index contributed by atoms with van der Waals surface area (Å²) in [7, 11) is 0. The number of fused-ring (bicyclic) bond motifs is 1. The quantitative estimate of drug-likeness (QED) is 0.330. The molecule has 2 aromatic heterocycles. The molecule has 4 aromatic rings. The van der Waals surface area contributed by atoms with Crippen molar-refractivity contribution >= 4 is 22.7 Å². The Labute approximate surface area is 200 Å². The molecule has 0 spiro atoms. The van der Waals surface area contributed by atoms with Gasteiger partial charge in [0.25, 0.3) is 6.02 Å². The zero-order valence-corrected chi connectivity index (χ0v) is 18.3. The van der Waals surface area contributed by atoms with Crippen molar-refractivity contribution in [3.63, 3.8) is 0 Å². The summed E-state index contributed by atoms with van der Waals surface area (Å²) in [6.45, 7) is -1.64. The van der Waals surface area contributed by atoms with Gasteiger partial charge in [-0.1, -0.05) is 6.07 Å². The topological polar surface area (TPSA) is 91.8 Å². The van der Waals surface area contributed by atoms with Crippen molar-refractivity contribution in [2.45, 2.75) is 5.67 Å². The van der Waals surface area contributed by atoms with Crippen LogP contribution in [0.5, 0.6) is 11.5 Å². The zero-order chi connectivity index (χ0) is 25.4. The number of nitrogens with zero attached hydrogens (tertiary/aromatic N) is 2. The van der Waals surface area contributed by atoms with Gasteiger partial charge in [0.15, 0.2) is 34.7 Å². The number of aromatic amines is 1. The second kappa shape index (κ2) is 9.11. The first kappa shape index (κ1) is 23.5. The maximum Gasteiger partial charge on any atom is 0.289 e. The number of amidine groups is 1. The number of aliphatic imine (C=N–C) groups is 1. The van der Waals surface area contributed by atoms with Crippen molar-refractivity contribution in [3.8, 4) is 22.6 Å². The monoisotopic (exact) mass is 504 g/mol. The van der Waals surface area contributed by atoms with Crippen LogP contribution in [0, 0.1) is 23.3 Å². The van der Waals surface area contributed by atoms with E-state index in [-0.39, 0.29) is 24.0 Å². The summed E-state index contributed by atoms with van der Waals surface area (Å²) in [5, 5.41) is 11.9. The molecule has 0 saturated carbocycles. The number of aliphatic hydroxyl groups excluding tert-OH is 1. The highest BCUT2D eigenvalue weighted by Gasteiger charge is 2.34. The minimum atomic E-state index is -2.02. The van der Waals surface area contributed by atoms with E-state index in [4.69, 9.17) is 14.6 Å². The molecular weight excluding hydrogens is 487 g/mol. The molecule has 3 N–H and O–H groups in total. The average molecular weight is 504 g/mol. The van der Waals surface area contributed by atoms with Gasteiger partial charge in [0.2, 0.25) is 0 Å². The van der Waals surface area contributed by atoms with Gasteiger partial charge in [0.1, 0.15) is 18.0 Å². The van der Waals surface area contributed by atoms with Crippen LogP contribution < -0.4 is 10.1 Å². The number of hydrogen-bond acceptors (Lipinski definition) is 6. The Hall–Kier alpha value is -4.19. The number of rotatable bonds is 5. The summed E-state index contributed by atoms with van der Waals surface area (Å²) in [5.74, 6) is -4.93. The Morgan fingerprint density at radius 2 is 1.83 bits per heavy atom. The number of benzene rings is 2. The molecule has 0 aliphatic carbocycles. The summed E-state index contributed by atoms with van der Waals surface area (Å²) in [6, 6.07) is 6.37. The second-order valence-corrected chi connectivity index (χ2v) is 8.08. The molecule has 0 bridgehead atoms. The second-order valence-electron chi connectivity index (χ2n) is 8.08. The van der Waals surface area contributed by atoms with Crippen LogP contribution >= 0.6 is 0 Å². The molecule has 7 nitrogen and oxygen atoms in total. The largest absolute Gasteiger partial charge is 0.461 e. The molecule has 12 heteroatoms. The zero-order valence-electron chi connectivity index (χ0n) is 18.3. The third-order valence-electron chi connectivity index (χ3n) is 5.48. The van der Waals surface area contributed by atoms with E-state index in [1.165, 1.54) is 24.5 Å². The molecule has 1 aliphatic rings. The number of pyridine rings is 1. The van der Waals surface area contributed by atoms with Crippen molar-refractivity contribution < 1.29 is 36.5 Å². The minimum absolute atomic E-state index is 0.0165. The van der Waals surface area contributed by atoms with Crippen molar-refractivity contribution in [3.05, 3.63) is 72.1 Å². The lowest BCUT2D eigenvalue weighted by molar-refractivity contribution is 0.0181. The van der Waals surface area contributed by atoms with E-state index in [9.17, 15) is 22.0 Å². The van der Waals surface area contributed by atoms with Gasteiger partial charge in [-0.15, -0.1) is 0 Å². The van der Waals surface area contributed by atoms with Gasteiger partial charge in [-0.3, -0.25) is 0 Å². The molecule has 3 heterocycles. The average Bonchev–Trinajstić information content (AvgIpc) is 3.30. The van der Waals surface area contributed by atoms with Crippen LogP contribution in [0.3, 0.4) is 0 Å². The molecule has 36 heavy (non-hydrogen) atoms. The number of halogens is 5. The maximum absolute atomic E-state index is 14.9. The number of ether oxygens (including phenoxy) is 2. The lowest BCUT2D eigenvalue weighted by atomic mass is 10.1. The van der Waals surface area contributed by atoms with Crippen molar-refractivity contribution in [2.24, 2.45) is 4.99 Å². The van der Waals surface area contributed by atoms with Gasteiger partial charge in [-0.2, -0.15) is 0 Å². The van der Waals surface area contributed by atoms with E-state index in [0.717, 1.165) is 24.3 Å². The van der Waals surface area contributed by atoms with Gasteiger partial charge < -0.3 is 24.9 Å². The maximum atomic E-state index is 14.9. The van der Waals surface area contributed by atoms with Gasteiger partial charge in [-0.25, -0.2) is 31.9 Å². The SMILES string of the molecule is OCC1(F)CN=C(Nc2cc(F)c(Oc3ccnc4[nH]cc(-c5ccc(F)c(F)c5)c34)c(F)c2)OC1. The predicted molar refractivity (Wildman–Crippen MR) is 121 cm³/mol. The minimum Gasteiger partial charge on any atom is -0.461 e. The molecular formula is C24H17F5N4O3. The molecule has 0 saturated heterocycles. The van der Waals surface area contributed by atoms with Crippen molar-refractivity contribution in [2.75, 3.05) is 25.1 Å². The van der Waals surface area contributed by atoms with Crippen LogP contribution in [0.1, 0.15) is 0 Å². The van der Waals surface area contributed by atoms with Gasteiger partial charge in [-0.05, 0) is 23.8 Å². The van der Waals surface area contributed by atoms with E-state index in [0.29, 0.717) is 22.2 Å². The molecule has 5 rings (SSSR count). The molecule has 186 valence electrons. The molecule has 1 atom stereocenters. The molecule has 2 aromatic carbocycles. The number of nitrogens with one attached hydrogen (secondary N) is 2. The standard InChI is InChI=1S/C24H17F5N4O3/c25-15-2-1-12(5-16(15)26)14-8-31-22-20(14)19(3-4-30-22)36-21-17(27)6-13(7-18(21)28)33-23-32-9-24(29,10-34)11-35-23/h1-8,34H,9-11H2,(H,30,31)(H,32,33). The summed E-state index contributed by atoms with van der Waals surface area (Å²) in [4.78, 5) is 10.8. The smallest absolute Gasteiger partial charge is 0.289 e.